The molecule has 32 heavy (non-hydrogen) atoms. The maximum Gasteiger partial charge on any atom is 0.306 e. The second kappa shape index (κ2) is 7.76. The number of allylic oxidation sites excluding steroid dienone is 4. The number of rotatable bonds is 4. The number of alkyl halides is 1. The van der Waals surface area contributed by atoms with Crippen LogP contribution in [-0.4, -0.2) is 40.2 Å². The topological polar surface area (TPSA) is 80.7 Å². The Hall–Kier alpha value is -1.53. The molecular formula is C25H32ClFO5. The highest BCUT2D eigenvalue weighted by molar-refractivity contribution is 6.29. The fraction of sp³-hybridized carbons (Fsp3) is 0.720. The number of aliphatic hydroxyl groups is 1. The lowest BCUT2D eigenvalue weighted by molar-refractivity contribution is -0.202. The molecule has 0 radical (unpaired) electrons. The summed E-state index contributed by atoms with van der Waals surface area (Å²) in [7, 11) is 0. The number of carbonyl (C=O) groups excluding carboxylic acids is 3. The second-order valence-electron chi connectivity index (χ2n) is 10.6. The Kier molecular flexibility index (Phi) is 5.73. The van der Waals surface area contributed by atoms with E-state index in [0.29, 0.717) is 24.8 Å². The van der Waals surface area contributed by atoms with E-state index in [1.54, 1.807) is 13.0 Å². The summed E-state index contributed by atoms with van der Waals surface area (Å²) in [6.45, 7) is 7.46. The van der Waals surface area contributed by atoms with E-state index in [9.17, 15) is 23.9 Å². The van der Waals surface area contributed by atoms with Gasteiger partial charge < -0.3 is 9.84 Å². The molecule has 0 unspecified atom stereocenters. The van der Waals surface area contributed by atoms with Gasteiger partial charge in [-0.1, -0.05) is 33.8 Å². The first-order chi connectivity index (χ1) is 15.0. The fourth-order valence-corrected chi connectivity index (χ4v) is 8.14. The average Bonchev–Trinajstić information content (AvgIpc) is 2.97. The van der Waals surface area contributed by atoms with Crippen molar-refractivity contribution in [2.24, 2.45) is 34.5 Å². The molecule has 4 aliphatic rings. The first kappa shape index (κ1) is 23.6. The number of carbonyl (C=O) groups is 3. The number of hydrogen-bond donors (Lipinski definition) is 1. The smallest absolute Gasteiger partial charge is 0.306 e. The largest absolute Gasteiger partial charge is 0.450 e. The monoisotopic (exact) mass is 466 g/mol. The zero-order valence-corrected chi connectivity index (χ0v) is 19.9. The van der Waals surface area contributed by atoms with Gasteiger partial charge in [0.25, 0.3) is 0 Å². The van der Waals surface area contributed by atoms with Gasteiger partial charge in [-0.25, -0.2) is 4.39 Å². The molecule has 0 aromatic rings. The molecule has 1 N–H and O–H groups in total. The molecule has 7 heteroatoms. The van der Waals surface area contributed by atoms with Gasteiger partial charge in [0.15, 0.2) is 17.2 Å². The van der Waals surface area contributed by atoms with Crippen LogP contribution < -0.4 is 0 Å². The molecule has 3 saturated carbocycles. The number of ketones is 2. The van der Waals surface area contributed by atoms with Crippen molar-refractivity contribution in [2.75, 3.05) is 5.88 Å². The van der Waals surface area contributed by atoms with Gasteiger partial charge in [0.05, 0.1) is 12.0 Å². The van der Waals surface area contributed by atoms with Gasteiger partial charge in [-0.05, 0) is 49.2 Å². The zero-order valence-electron chi connectivity index (χ0n) is 19.1. The Bertz CT molecular complexity index is 927. The van der Waals surface area contributed by atoms with Gasteiger partial charge in [0.1, 0.15) is 0 Å². The van der Waals surface area contributed by atoms with Crippen molar-refractivity contribution in [3.63, 3.8) is 0 Å². The van der Waals surface area contributed by atoms with Crippen LogP contribution in [-0.2, 0) is 19.1 Å². The van der Waals surface area contributed by atoms with Crippen molar-refractivity contribution in [2.45, 2.75) is 71.5 Å². The van der Waals surface area contributed by atoms with Crippen LogP contribution in [0.2, 0.25) is 0 Å². The minimum Gasteiger partial charge on any atom is -0.450 e. The van der Waals surface area contributed by atoms with E-state index < -0.39 is 40.1 Å². The predicted molar refractivity (Wildman–Crippen MR) is 117 cm³/mol. The Labute approximate surface area is 193 Å². The van der Waals surface area contributed by atoms with Gasteiger partial charge in [-0.2, -0.15) is 0 Å². The van der Waals surface area contributed by atoms with Crippen molar-refractivity contribution in [1.82, 2.24) is 0 Å². The standard InChI is InChI=1S/C25H32ClFO5/c1-5-20(31)32-25(19(30)12-26)13(2)10-16-14-6-7-15-22(27)17(28)8-9-23(15,3)21(14)18(29)11-24(16,25)4/h8-9,13-14,16,18,21,29H,5-7,10-12H2,1-4H3/t13-,14-,16-,18-,21+,23-,24-,25+/m0/s1. The molecule has 0 heterocycles. The SMILES string of the molecule is CCC(=O)O[C@@]1(C(=O)CCl)[C@@H](C)C[C@H]2[C@@H]3CCC4=C(F)C(=O)C=C[C@]4(C)[C@H]3[C@@H](O)C[C@@]21C. The Morgan fingerprint density at radius 1 is 1.34 bits per heavy atom. The van der Waals surface area contributed by atoms with Crippen LogP contribution in [0.25, 0.3) is 0 Å². The Morgan fingerprint density at radius 3 is 2.66 bits per heavy atom. The summed E-state index contributed by atoms with van der Waals surface area (Å²) in [6, 6.07) is 0. The summed E-state index contributed by atoms with van der Waals surface area (Å²) in [5.74, 6) is -2.90. The van der Waals surface area contributed by atoms with E-state index in [-0.39, 0.29) is 48.2 Å². The van der Waals surface area contributed by atoms with Crippen molar-refractivity contribution < 1.29 is 28.6 Å². The molecule has 0 saturated heterocycles. The summed E-state index contributed by atoms with van der Waals surface area (Å²) < 4.78 is 20.8. The summed E-state index contributed by atoms with van der Waals surface area (Å²) in [5, 5.41) is 11.5. The molecule has 4 rings (SSSR count). The first-order valence-corrected chi connectivity index (χ1v) is 12.1. The number of aliphatic hydroxyl groups excluding tert-OH is 1. The quantitative estimate of drug-likeness (QED) is 0.493. The van der Waals surface area contributed by atoms with Gasteiger partial charge in [0, 0.05) is 29.1 Å². The lowest BCUT2D eigenvalue weighted by Gasteiger charge is -2.60. The summed E-state index contributed by atoms with van der Waals surface area (Å²) in [6.07, 6.45) is 4.27. The van der Waals surface area contributed by atoms with E-state index in [1.165, 1.54) is 6.08 Å². The van der Waals surface area contributed by atoms with Gasteiger partial charge >= 0.3 is 5.97 Å². The van der Waals surface area contributed by atoms with Crippen molar-refractivity contribution in [1.29, 1.82) is 0 Å². The van der Waals surface area contributed by atoms with Gasteiger partial charge in [0.2, 0.25) is 5.78 Å². The minimum absolute atomic E-state index is 0.00377. The molecule has 8 atom stereocenters. The predicted octanol–water partition coefficient (Wildman–Crippen LogP) is 4.31. The van der Waals surface area contributed by atoms with Crippen LogP contribution in [0.5, 0.6) is 0 Å². The third-order valence-electron chi connectivity index (χ3n) is 9.23. The summed E-state index contributed by atoms with van der Waals surface area (Å²) in [5.41, 5.74) is -2.46. The van der Waals surface area contributed by atoms with Crippen LogP contribution in [0, 0.1) is 34.5 Å². The van der Waals surface area contributed by atoms with Crippen LogP contribution >= 0.6 is 11.6 Å². The Balaban J connectivity index is 1.81. The lowest BCUT2D eigenvalue weighted by Crippen LogP contribution is -2.64. The molecule has 176 valence electrons. The first-order valence-electron chi connectivity index (χ1n) is 11.6. The average molecular weight is 467 g/mol. The third-order valence-corrected chi connectivity index (χ3v) is 9.47. The second-order valence-corrected chi connectivity index (χ2v) is 10.8. The molecule has 5 nitrogen and oxygen atoms in total. The molecule has 0 aliphatic heterocycles. The molecule has 4 aliphatic carbocycles. The highest BCUT2D eigenvalue weighted by Gasteiger charge is 2.72. The summed E-state index contributed by atoms with van der Waals surface area (Å²) >= 11 is 6.03. The van der Waals surface area contributed by atoms with E-state index in [4.69, 9.17) is 16.3 Å². The number of esters is 1. The third kappa shape index (κ3) is 2.87. The number of hydrogen-bond acceptors (Lipinski definition) is 5. The van der Waals surface area contributed by atoms with Crippen LogP contribution in [0.4, 0.5) is 4.39 Å². The van der Waals surface area contributed by atoms with E-state index in [1.807, 2.05) is 20.8 Å². The van der Waals surface area contributed by atoms with Crippen LogP contribution in [0.3, 0.4) is 0 Å². The van der Waals surface area contributed by atoms with Crippen molar-refractivity contribution in [3.8, 4) is 0 Å². The van der Waals surface area contributed by atoms with E-state index in [0.717, 1.165) is 0 Å². The fourth-order valence-electron chi connectivity index (χ4n) is 7.95. The van der Waals surface area contributed by atoms with Gasteiger partial charge in [-0.15, -0.1) is 11.6 Å². The Morgan fingerprint density at radius 2 is 2.03 bits per heavy atom. The zero-order chi connectivity index (χ0) is 23.6. The number of Topliss-reactive ketones (excluding diaryl/α,β-unsaturated/α-hetero) is 1. The summed E-state index contributed by atoms with van der Waals surface area (Å²) in [4.78, 5) is 37.7. The van der Waals surface area contributed by atoms with Crippen molar-refractivity contribution in [3.05, 3.63) is 23.6 Å². The molecule has 0 amide bonds. The number of fused-ring (bicyclic) bond motifs is 5. The van der Waals surface area contributed by atoms with E-state index in [2.05, 4.69) is 0 Å². The minimum atomic E-state index is -1.39. The lowest BCUT2D eigenvalue weighted by atomic mass is 9.46. The van der Waals surface area contributed by atoms with Crippen LogP contribution in [0.15, 0.2) is 23.6 Å². The molecule has 0 spiro atoms. The molecule has 0 aromatic heterocycles. The maximum absolute atomic E-state index is 14.8. The number of halogens is 2. The van der Waals surface area contributed by atoms with Gasteiger partial charge in [-0.3, -0.25) is 14.4 Å². The molecule has 0 aromatic carbocycles. The van der Waals surface area contributed by atoms with Crippen molar-refractivity contribution >= 4 is 29.1 Å². The van der Waals surface area contributed by atoms with E-state index >= 15 is 0 Å². The highest BCUT2D eigenvalue weighted by atomic mass is 35.5. The molecular weight excluding hydrogens is 435 g/mol. The highest BCUT2D eigenvalue weighted by Crippen LogP contribution is 2.69. The molecule has 3 fully saturated rings. The maximum atomic E-state index is 14.8. The number of ether oxygens (including phenoxy) is 1. The normalized spacial score (nSPS) is 45.2. The van der Waals surface area contributed by atoms with Crippen LogP contribution in [0.1, 0.15) is 59.8 Å². The molecule has 0 bridgehead atoms.